The van der Waals surface area contributed by atoms with E-state index in [1.807, 2.05) is 6.92 Å². The Labute approximate surface area is 56.5 Å². The highest BCUT2D eigenvalue weighted by Crippen LogP contribution is 2.18. The Hall–Kier alpha value is -0.590. The first-order valence-electron chi connectivity index (χ1n) is 3.33. The first kappa shape index (κ1) is 6.53. The molecule has 0 fully saturated rings. The normalized spacial score (nSPS) is 23.7. The van der Waals surface area contributed by atoms with Gasteiger partial charge in [0.2, 0.25) is 0 Å². The molecule has 0 unspecified atom stereocenters. The fourth-order valence-corrected chi connectivity index (χ4v) is 1.08. The second kappa shape index (κ2) is 1.98. The molecule has 1 rings (SSSR count). The maximum absolute atomic E-state index is 4.44. The molecular weight excluding hydrogens is 110 g/mol. The zero-order valence-corrected chi connectivity index (χ0v) is 6.31. The van der Waals surface area contributed by atoms with Gasteiger partial charge in [0.25, 0.3) is 0 Å². The summed E-state index contributed by atoms with van der Waals surface area (Å²) in [5.74, 6) is 0. The molecule has 1 heteroatoms. The predicted octanol–water partition coefficient (Wildman–Crippen LogP) is 2.19. The van der Waals surface area contributed by atoms with Crippen LogP contribution in [0, 0.1) is 0 Å². The van der Waals surface area contributed by atoms with E-state index in [9.17, 15) is 0 Å². The molecule has 0 N–H and O–H groups in total. The Balaban J connectivity index is 2.78. The van der Waals surface area contributed by atoms with Gasteiger partial charge in [-0.15, -0.1) is 0 Å². The number of hydrogen-bond donors (Lipinski definition) is 0. The second-order valence-electron chi connectivity index (χ2n) is 3.17. The molecule has 0 aromatic heterocycles. The van der Waals surface area contributed by atoms with Crippen molar-refractivity contribution < 1.29 is 0 Å². The zero-order valence-electron chi connectivity index (χ0n) is 6.31. The number of rotatable bonds is 0. The second-order valence-corrected chi connectivity index (χ2v) is 3.17. The van der Waals surface area contributed by atoms with E-state index in [0.717, 1.165) is 12.1 Å². The van der Waals surface area contributed by atoms with Crippen LogP contribution in [0.1, 0.15) is 27.2 Å². The SMILES string of the molecule is CC1=NC(C)(C)CC=C1. The van der Waals surface area contributed by atoms with Crippen LogP contribution >= 0.6 is 0 Å². The van der Waals surface area contributed by atoms with Gasteiger partial charge in [-0.3, -0.25) is 4.99 Å². The lowest BCUT2D eigenvalue weighted by atomic mass is 9.98. The van der Waals surface area contributed by atoms with Crippen LogP contribution in [0.2, 0.25) is 0 Å². The van der Waals surface area contributed by atoms with Gasteiger partial charge in [0.1, 0.15) is 0 Å². The van der Waals surface area contributed by atoms with Crippen LogP contribution in [0.25, 0.3) is 0 Å². The van der Waals surface area contributed by atoms with Gasteiger partial charge in [0.15, 0.2) is 0 Å². The van der Waals surface area contributed by atoms with Crippen LogP contribution in [0.3, 0.4) is 0 Å². The Bertz CT molecular complexity index is 163. The van der Waals surface area contributed by atoms with Crippen molar-refractivity contribution in [3.05, 3.63) is 12.2 Å². The number of hydrogen-bond acceptors (Lipinski definition) is 1. The third-order valence-electron chi connectivity index (χ3n) is 1.46. The topological polar surface area (TPSA) is 12.4 Å². The van der Waals surface area contributed by atoms with E-state index in [2.05, 4.69) is 31.0 Å². The lowest BCUT2D eigenvalue weighted by molar-refractivity contribution is 0.527. The molecule has 1 nitrogen and oxygen atoms in total. The summed E-state index contributed by atoms with van der Waals surface area (Å²) in [5, 5.41) is 0. The molecule has 0 aromatic rings. The minimum Gasteiger partial charge on any atom is -0.284 e. The summed E-state index contributed by atoms with van der Waals surface area (Å²) in [6, 6.07) is 0. The maximum Gasteiger partial charge on any atom is 0.0589 e. The summed E-state index contributed by atoms with van der Waals surface area (Å²) < 4.78 is 0. The quantitative estimate of drug-likeness (QED) is 0.468. The molecule has 0 spiro atoms. The molecule has 0 aromatic carbocycles. The maximum atomic E-state index is 4.44. The zero-order chi connectivity index (χ0) is 6.91. The highest BCUT2D eigenvalue weighted by molar-refractivity contribution is 5.93. The summed E-state index contributed by atoms with van der Waals surface area (Å²) in [5.41, 5.74) is 1.30. The van der Waals surface area contributed by atoms with Gasteiger partial charge in [-0.05, 0) is 33.3 Å². The Morgan fingerprint density at radius 2 is 2.22 bits per heavy atom. The molecule has 0 saturated heterocycles. The Morgan fingerprint density at radius 1 is 1.56 bits per heavy atom. The van der Waals surface area contributed by atoms with Crippen molar-refractivity contribution >= 4 is 5.71 Å². The van der Waals surface area contributed by atoms with Crippen LogP contribution in [-0.2, 0) is 0 Å². The van der Waals surface area contributed by atoms with Crippen LogP contribution in [0.4, 0.5) is 0 Å². The largest absolute Gasteiger partial charge is 0.284 e. The number of dihydropyridines is 1. The van der Waals surface area contributed by atoms with Crippen molar-refractivity contribution in [3.8, 4) is 0 Å². The van der Waals surface area contributed by atoms with E-state index in [1.54, 1.807) is 0 Å². The molecule has 0 atom stereocenters. The van der Waals surface area contributed by atoms with E-state index in [4.69, 9.17) is 0 Å². The van der Waals surface area contributed by atoms with Gasteiger partial charge >= 0.3 is 0 Å². The predicted molar refractivity (Wildman–Crippen MR) is 40.9 cm³/mol. The van der Waals surface area contributed by atoms with E-state index < -0.39 is 0 Å². The van der Waals surface area contributed by atoms with Gasteiger partial charge in [-0.2, -0.15) is 0 Å². The first-order valence-corrected chi connectivity index (χ1v) is 3.33. The third kappa shape index (κ3) is 1.67. The van der Waals surface area contributed by atoms with Crippen molar-refractivity contribution in [1.82, 2.24) is 0 Å². The lowest BCUT2D eigenvalue weighted by Gasteiger charge is -2.21. The molecule has 0 amide bonds. The standard InChI is InChI=1S/C8H13N/c1-7-5-4-6-8(2,3)9-7/h4-5H,6H2,1-3H3. The molecular formula is C8H13N. The van der Waals surface area contributed by atoms with Gasteiger partial charge in [-0.1, -0.05) is 6.08 Å². The van der Waals surface area contributed by atoms with Crippen LogP contribution in [-0.4, -0.2) is 11.3 Å². The average molecular weight is 123 g/mol. The summed E-state index contributed by atoms with van der Waals surface area (Å²) >= 11 is 0. The van der Waals surface area contributed by atoms with Crippen molar-refractivity contribution in [3.63, 3.8) is 0 Å². The van der Waals surface area contributed by atoms with Crippen molar-refractivity contribution in [1.29, 1.82) is 0 Å². The minimum absolute atomic E-state index is 0.152. The van der Waals surface area contributed by atoms with Crippen LogP contribution in [0.15, 0.2) is 17.1 Å². The monoisotopic (exact) mass is 123 g/mol. The van der Waals surface area contributed by atoms with E-state index >= 15 is 0 Å². The Morgan fingerprint density at radius 3 is 2.56 bits per heavy atom. The summed E-state index contributed by atoms with van der Waals surface area (Å²) in [7, 11) is 0. The molecule has 50 valence electrons. The lowest BCUT2D eigenvalue weighted by Crippen LogP contribution is -2.19. The van der Waals surface area contributed by atoms with E-state index in [1.165, 1.54) is 0 Å². The highest BCUT2D eigenvalue weighted by atomic mass is 14.8. The molecule has 1 heterocycles. The fraction of sp³-hybridized carbons (Fsp3) is 0.625. The minimum atomic E-state index is 0.152. The summed E-state index contributed by atoms with van der Waals surface area (Å²) in [6.07, 6.45) is 5.33. The molecule has 0 saturated carbocycles. The third-order valence-corrected chi connectivity index (χ3v) is 1.46. The molecule has 1 aliphatic heterocycles. The number of nitrogens with zero attached hydrogens (tertiary/aromatic N) is 1. The molecule has 9 heavy (non-hydrogen) atoms. The van der Waals surface area contributed by atoms with E-state index in [-0.39, 0.29) is 5.54 Å². The molecule has 0 bridgehead atoms. The summed E-state index contributed by atoms with van der Waals surface area (Å²) in [4.78, 5) is 4.44. The molecule has 1 aliphatic rings. The van der Waals surface area contributed by atoms with Gasteiger partial charge < -0.3 is 0 Å². The van der Waals surface area contributed by atoms with Crippen LogP contribution < -0.4 is 0 Å². The van der Waals surface area contributed by atoms with Crippen molar-refractivity contribution in [2.75, 3.05) is 0 Å². The smallest absolute Gasteiger partial charge is 0.0589 e. The highest BCUT2D eigenvalue weighted by Gasteiger charge is 2.15. The van der Waals surface area contributed by atoms with Crippen molar-refractivity contribution in [2.24, 2.45) is 4.99 Å². The fourth-order valence-electron chi connectivity index (χ4n) is 1.08. The van der Waals surface area contributed by atoms with Crippen LogP contribution in [0.5, 0.6) is 0 Å². The first-order chi connectivity index (χ1) is 4.10. The Kier molecular flexibility index (Phi) is 1.43. The number of allylic oxidation sites excluding steroid dienone is 1. The van der Waals surface area contributed by atoms with Gasteiger partial charge in [-0.25, -0.2) is 0 Å². The van der Waals surface area contributed by atoms with Crippen molar-refractivity contribution in [2.45, 2.75) is 32.7 Å². The summed E-state index contributed by atoms with van der Waals surface area (Å²) in [6.45, 7) is 6.34. The van der Waals surface area contributed by atoms with Gasteiger partial charge in [0.05, 0.1) is 5.54 Å². The van der Waals surface area contributed by atoms with E-state index in [0.29, 0.717) is 0 Å². The molecule has 0 radical (unpaired) electrons. The molecule has 0 aliphatic carbocycles. The van der Waals surface area contributed by atoms with Gasteiger partial charge in [0, 0.05) is 5.71 Å². The average Bonchev–Trinajstić information content (AvgIpc) is 1.60. The number of aliphatic imine (C=N–C) groups is 1.